The number of fused-ring (bicyclic) bond motifs is 1. The van der Waals surface area contributed by atoms with Gasteiger partial charge in [0.1, 0.15) is 11.6 Å². The van der Waals surface area contributed by atoms with Crippen LogP contribution < -0.4 is 10.1 Å². The fourth-order valence-electron chi connectivity index (χ4n) is 2.73. The lowest BCUT2D eigenvalue weighted by molar-refractivity contribution is -0.173. The monoisotopic (exact) mass is 341 g/mol. The molecule has 1 aliphatic heterocycles. The van der Waals surface area contributed by atoms with Crippen LogP contribution in [0, 0.1) is 0 Å². The van der Waals surface area contributed by atoms with E-state index >= 15 is 0 Å². The largest absolute Gasteiger partial charge is 0.497 e. The van der Waals surface area contributed by atoms with Gasteiger partial charge in [0.15, 0.2) is 11.7 Å². The molecule has 0 fully saturated rings. The summed E-state index contributed by atoms with van der Waals surface area (Å²) in [5, 5.41) is 15.5. The quantitative estimate of drug-likeness (QED) is 0.896. The molecule has 9 heteroatoms. The van der Waals surface area contributed by atoms with E-state index in [2.05, 4.69) is 10.4 Å². The minimum absolute atomic E-state index is 0.0294. The third kappa shape index (κ3) is 2.89. The molecule has 0 amide bonds. The van der Waals surface area contributed by atoms with Crippen molar-refractivity contribution >= 4 is 11.8 Å². The van der Waals surface area contributed by atoms with Crippen LogP contribution in [0.5, 0.6) is 5.75 Å². The Morgan fingerprint density at radius 1 is 1.38 bits per heavy atom. The van der Waals surface area contributed by atoms with Crippen molar-refractivity contribution in [1.29, 1.82) is 0 Å². The van der Waals surface area contributed by atoms with Gasteiger partial charge in [0.05, 0.1) is 13.2 Å². The first-order valence-corrected chi connectivity index (χ1v) is 7.09. The van der Waals surface area contributed by atoms with E-state index in [9.17, 15) is 18.0 Å². The van der Waals surface area contributed by atoms with Gasteiger partial charge in [-0.3, -0.25) is 0 Å². The number of methoxy groups -OCH3 is 1. The zero-order valence-electron chi connectivity index (χ0n) is 12.5. The summed E-state index contributed by atoms with van der Waals surface area (Å²) in [7, 11) is 1.50. The molecule has 0 radical (unpaired) electrons. The zero-order chi connectivity index (χ0) is 17.5. The van der Waals surface area contributed by atoms with E-state index in [4.69, 9.17) is 9.84 Å². The fraction of sp³-hybridized carbons (Fsp3) is 0.333. The first-order valence-electron chi connectivity index (χ1n) is 7.09. The molecule has 0 bridgehead atoms. The van der Waals surface area contributed by atoms with Crippen molar-refractivity contribution in [2.45, 2.75) is 24.7 Å². The topological polar surface area (TPSA) is 76.4 Å². The van der Waals surface area contributed by atoms with Crippen molar-refractivity contribution in [3.63, 3.8) is 0 Å². The average molecular weight is 341 g/mol. The minimum Gasteiger partial charge on any atom is -0.497 e. The van der Waals surface area contributed by atoms with Crippen molar-refractivity contribution < 1.29 is 27.8 Å². The van der Waals surface area contributed by atoms with E-state index in [-0.39, 0.29) is 12.2 Å². The van der Waals surface area contributed by atoms with Gasteiger partial charge >= 0.3 is 12.1 Å². The fourth-order valence-corrected chi connectivity index (χ4v) is 2.73. The van der Waals surface area contributed by atoms with E-state index in [0.29, 0.717) is 16.0 Å². The number of nitrogens with one attached hydrogen (secondary N) is 1. The van der Waals surface area contributed by atoms with Crippen LogP contribution in [0.2, 0.25) is 0 Å². The van der Waals surface area contributed by atoms with E-state index in [1.54, 1.807) is 24.3 Å². The summed E-state index contributed by atoms with van der Waals surface area (Å²) >= 11 is 0. The highest BCUT2D eigenvalue weighted by Crippen LogP contribution is 2.43. The molecule has 2 atom stereocenters. The minimum atomic E-state index is -4.54. The molecule has 1 aromatic carbocycles. The summed E-state index contributed by atoms with van der Waals surface area (Å²) < 4.78 is 45.9. The average Bonchev–Trinajstić information content (AvgIpc) is 2.97. The lowest BCUT2D eigenvalue weighted by Crippen LogP contribution is -2.35. The summed E-state index contributed by atoms with van der Waals surface area (Å²) in [6, 6.07) is 5.27. The molecular formula is C15H14F3N3O3. The molecule has 1 aromatic heterocycles. The van der Waals surface area contributed by atoms with Gasteiger partial charge < -0.3 is 15.2 Å². The molecule has 128 valence electrons. The second kappa shape index (κ2) is 5.73. The maximum absolute atomic E-state index is 13.4. The number of hydrogen-bond acceptors (Lipinski definition) is 4. The van der Waals surface area contributed by atoms with E-state index < -0.39 is 29.9 Å². The number of carbonyl (C=O) groups is 1. The number of carboxylic acids is 1. The van der Waals surface area contributed by atoms with Gasteiger partial charge in [0.25, 0.3) is 0 Å². The first-order chi connectivity index (χ1) is 11.3. The predicted molar refractivity (Wildman–Crippen MR) is 78.3 cm³/mol. The van der Waals surface area contributed by atoms with E-state index in [1.807, 2.05) is 0 Å². The number of benzene rings is 1. The van der Waals surface area contributed by atoms with Crippen LogP contribution in [0.1, 0.15) is 34.6 Å². The highest BCUT2D eigenvalue weighted by atomic mass is 19.4. The first kappa shape index (κ1) is 16.2. The summed E-state index contributed by atoms with van der Waals surface area (Å²) in [5.74, 6) is -0.748. The second-order valence-corrected chi connectivity index (χ2v) is 5.43. The number of alkyl halides is 3. The number of carboxylic acid groups (broad SMARTS) is 1. The van der Waals surface area contributed by atoms with Crippen LogP contribution in [0.25, 0.3) is 0 Å². The number of hydrogen-bond donors (Lipinski definition) is 2. The Balaban J connectivity index is 1.98. The van der Waals surface area contributed by atoms with E-state index in [0.717, 1.165) is 6.07 Å². The Morgan fingerprint density at radius 3 is 2.58 bits per heavy atom. The molecule has 2 heterocycles. The molecule has 2 aromatic rings. The Morgan fingerprint density at radius 2 is 2.04 bits per heavy atom. The smallest absolute Gasteiger partial charge is 0.410 e. The number of nitrogens with zero attached hydrogens (tertiary/aromatic N) is 2. The molecule has 2 N–H and O–H groups in total. The van der Waals surface area contributed by atoms with Gasteiger partial charge in [0, 0.05) is 12.5 Å². The molecule has 0 aliphatic carbocycles. The van der Waals surface area contributed by atoms with Crippen LogP contribution in [0.3, 0.4) is 0 Å². The number of rotatable bonds is 3. The third-order valence-electron chi connectivity index (χ3n) is 3.93. The van der Waals surface area contributed by atoms with Crippen LogP contribution >= 0.6 is 0 Å². The van der Waals surface area contributed by atoms with Crippen LogP contribution in [-0.2, 0) is 0 Å². The highest BCUT2D eigenvalue weighted by molar-refractivity contribution is 5.86. The number of ether oxygens (including phenoxy) is 1. The molecule has 1 aliphatic rings. The molecule has 6 nitrogen and oxygen atoms in total. The van der Waals surface area contributed by atoms with Crippen LogP contribution in [0.4, 0.5) is 19.0 Å². The molecule has 24 heavy (non-hydrogen) atoms. The molecular weight excluding hydrogens is 327 g/mol. The van der Waals surface area contributed by atoms with Gasteiger partial charge in [-0.1, -0.05) is 12.1 Å². The Bertz CT molecular complexity index is 756. The van der Waals surface area contributed by atoms with Crippen molar-refractivity contribution in [3.05, 3.63) is 41.6 Å². The van der Waals surface area contributed by atoms with Gasteiger partial charge in [-0.25, -0.2) is 9.48 Å². The molecule has 0 saturated heterocycles. The third-order valence-corrected chi connectivity index (χ3v) is 3.93. The number of aromatic nitrogens is 2. The summed E-state index contributed by atoms with van der Waals surface area (Å²) in [4.78, 5) is 11.0. The SMILES string of the molecule is COc1ccc([C@H]2C[C@H](C(F)(F)F)n3nc(C(=O)O)cc3N2)cc1. The maximum Gasteiger partial charge on any atom is 0.410 e. The standard InChI is InChI=1S/C15H14F3N3O3/c1-24-9-4-2-8(3-5-9)10-6-12(15(16,17)18)21-13(19-10)7-11(20-21)14(22)23/h2-5,7,10,12,19H,6H2,1H3,(H,22,23)/t10-,12-/m1/s1. The Kier molecular flexibility index (Phi) is 3.86. The summed E-state index contributed by atoms with van der Waals surface area (Å²) in [5.41, 5.74) is 0.219. The Labute approximate surface area is 134 Å². The summed E-state index contributed by atoms with van der Waals surface area (Å²) in [6.07, 6.45) is -4.83. The highest BCUT2D eigenvalue weighted by Gasteiger charge is 2.46. The molecule has 0 saturated carbocycles. The zero-order valence-corrected chi connectivity index (χ0v) is 12.5. The van der Waals surface area contributed by atoms with Gasteiger partial charge in [0.2, 0.25) is 0 Å². The van der Waals surface area contributed by atoms with Crippen molar-refractivity contribution in [1.82, 2.24) is 9.78 Å². The van der Waals surface area contributed by atoms with Gasteiger partial charge in [-0.2, -0.15) is 18.3 Å². The normalized spacial score (nSPS) is 20.2. The molecule has 0 spiro atoms. The number of aromatic carboxylic acids is 1. The number of halogens is 3. The van der Waals surface area contributed by atoms with Crippen molar-refractivity contribution in [2.75, 3.05) is 12.4 Å². The number of anilines is 1. The summed E-state index contributed by atoms with van der Waals surface area (Å²) in [6.45, 7) is 0. The lowest BCUT2D eigenvalue weighted by Gasteiger charge is -2.33. The van der Waals surface area contributed by atoms with E-state index in [1.165, 1.54) is 7.11 Å². The van der Waals surface area contributed by atoms with Crippen LogP contribution in [-0.4, -0.2) is 34.1 Å². The lowest BCUT2D eigenvalue weighted by atomic mass is 9.97. The van der Waals surface area contributed by atoms with Gasteiger partial charge in [-0.05, 0) is 17.7 Å². The molecule has 3 rings (SSSR count). The van der Waals surface area contributed by atoms with Gasteiger partial charge in [-0.15, -0.1) is 0 Å². The maximum atomic E-state index is 13.4. The molecule has 0 unspecified atom stereocenters. The Hall–Kier alpha value is -2.71. The predicted octanol–water partition coefficient (Wildman–Crippen LogP) is 3.25. The van der Waals surface area contributed by atoms with Crippen molar-refractivity contribution in [2.24, 2.45) is 0 Å². The van der Waals surface area contributed by atoms with Crippen molar-refractivity contribution in [3.8, 4) is 5.75 Å². The van der Waals surface area contributed by atoms with Crippen LogP contribution in [0.15, 0.2) is 30.3 Å². The second-order valence-electron chi connectivity index (χ2n) is 5.43.